The molecule has 1 aromatic heterocycles. The fourth-order valence-corrected chi connectivity index (χ4v) is 2.12. The number of likely N-dealkylation sites (tertiary alicyclic amines) is 1. The lowest BCUT2D eigenvalue weighted by molar-refractivity contribution is 0.337. The van der Waals surface area contributed by atoms with Crippen molar-refractivity contribution in [2.45, 2.75) is 32.2 Å². The molecule has 2 heterocycles. The summed E-state index contributed by atoms with van der Waals surface area (Å²) in [4.78, 5) is 2.41. The van der Waals surface area contributed by atoms with Crippen LogP contribution in [0.2, 0.25) is 0 Å². The maximum atomic E-state index is 4.40. The summed E-state index contributed by atoms with van der Waals surface area (Å²) in [6.07, 6.45) is 7.91. The first kappa shape index (κ1) is 9.71. The Bertz CT molecular complexity index is 292. The number of hydrogen-bond acceptors (Lipinski definition) is 2. The molecule has 0 aromatic carbocycles. The van der Waals surface area contributed by atoms with Crippen molar-refractivity contribution in [3.63, 3.8) is 0 Å². The van der Waals surface area contributed by atoms with Gasteiger partial charge in [-0.3, -0.25) is 4.68 Å². The van der Waals surface area contributed by atoms with Crippen LogP contribution in [-0.2, 0) is 0 Å². The molecule has 78 valence electrons. The lowest BCUT2D eigenvalue weighted by Gasteiger charge is -2.15. The van der Waals surface area contributed by atoms with Gasteiger partial charge in [0.15, 0.2) is 0 Å². The first-order valence-electron chi connectivity index (χ1n) is 5.45. The van der Waals surface area contributed by atoms with E-state index in [1.165, 1.54) is 37.9 Å². The zero-order valence-electron chi connectivity index (χ0n) is 9.11. The van der Waals surface area contributed by atoms with Crippen molar-refractivity contribution in [1.82, 2.24) is 14.7 Å². The molecule has 14 heavy (non-hydrogen) atoms. The van der Waals surface area contributed by atoms with Crippen LogP contribution in [0.25, 0.3) is 0 Å². The minimum Gasteiger partial charge on any atom is -0.306 e. The normalized spacial score (nSPS) is 24.9. The second-order valence-electron chi connectivity index (χ2n) is 4.39. The number of nitrogens with zero attached hydrogens (tertiary/aromatic N) is 3. The van der Waals surface area contributed by atoms with Gasteiger partial charge in [0.25, 0.3) is 0 Å². The third kappa shape index (κ3) is 2.15. The SMILES string of the molecule is Cc1cnn(C2CCCN(C)CC2)c1. The molecule has 0 radical (unpaired) electrons. The summed E-state index contributed by atoms with van der Waals surface area (Å²) in [7, 11) is 2.21. The number of rotatable bonds is 1. The highest BCUT2D eigenvalue weighted by Crippen LogP contribution is 2.21. The molecule has 1 unspecified atom stereocenters. The number of aromatic nitrogens is 2. The van der Waals surface area contributed by atoms with Gasteiger partial charge in [-0.15, -0.1) is 0 Å². The summed E-state index contributed by atoms with van der Waals surface area (Å²) >= 11 is 0. The third-order valence-corrected chi connectivity index (χ3v) is 3.03. The molecular weight excluding hydrogens is 174 g/mol. The lowest BCUT2D eigenvalue weighted by Crippen LogP contribution is -2.19. The minimum atomic E-state index is 0.619. The molecule has 1 atom stereocenters. The van der Waals surface area contributed by atoms with E-state index < -0.39 is 0 Å². The van der Waals surface area contributed by atoms with Gasteiger partial charge in [-0.2, -0.15) is 5.10 Å². The predicted molar refractivity (Wildman–Crippen MR) is 57.3 cm³/mol. The Labute approximate surface area is 85.7 Å². The van der Waals surface area contributed by atoms with Gasteiger partial charge in [0, 0.05) is 6.20 Å². The summed E-state index contributed by atoms with van der Waals surface area (Å²) in [5.74, 6) is 0. The average Bonchev–Trinajstić information content (AvgIpc) is 2.46. The topological polar surface area (TPSA) is 21.1 Å². The predicted octanol–water partition coefficient (Wildman–Crippen LogP) is 1.85. The van der Waals surface area contributed by atoms with Crippen LogP contribution in [0.1, 0.15) is 30.9 Å². The molecular formula is C11H19N3. The second-order valence-corrected chi connectivity index (χ2v) is 4.39. The molecule has 0 spiro atoms. The number of aryl methyl sites for hydroxylation is 1. The van der Waals surface area contributed by atoms with E-state index in [0.29, 0.717) is 6.04 Å². The molecule has 0 amide bonds. The fourth-order valence-electron chi connectivity index (χ4n) is 2.12. The first-order valence-corrected chi connectivity index (χ1v) is 5.45. The molecule has 0 saturated carbocycles. The van der Waals surface area contributed by atoms with Crippen molar-refractivity contribution in [3.05, 3.63) is 18.0 Å². The summed E-state index contributed by atoms with van der Waals surface area (Å²) in [5.41, 5.74) is 1.27. The molecule has 3 heteroatoms. The third-order valence-electron chi connectivity index (χ3n) is 3.03. The van der Waals surface area contributed by atoms with Gasteiger partial charge in [-0.25, -0.2) is 0 Å². The summed E-state index contributed by atoms with van der Waals surface area (Å²) in [6.45, 7) is 4.53. The molecule has 1 aliphatic rings. The summed E-state index contributed by atoms with van der Waals surface area (Å²) in [5, 5.41) is 4.40. The lowest BCUT2D eigenvalue weighted by atomic mass is 10.1. The Morgan fingerprint density at radius 2 is 2.21 bits per heavy atom. The van der Waals surface area contributed by atoms with Gasteiger partial charge < -0.3 is 4.90 Å². The molecule has 1 saturated heterocycles. The smallest absolute Gasteiger partial charge is 0.0532 e. The number of hydrogen-bond donors (Lipinski definition) is 0. The molecule has 0 aliphatic carbocycles. The van der Waals surface area contributed by atoms with E-state index in [1.807, 2.05) is 6.20 Å². The van der Waals surface area contributed by atoms with Crippen LogP contribution in [0, 0.1) is 6.92 Å². The maximum absolute atomic E-state index is 4.40. The van der Waals surface area contributed by atoms with Crippen molar-refractivity contribution in [3.8, 4) is 0 Å². The molecule has 3 nitrogen and oxygen atoms in total. The molecule has 0 bridgehead atoms. The Balaban J connectivity index is 2.04. The minimum absolute atomic E-state index is 0.619. The van der Waals surface area contributed by atoms with Crippen molar-refractivity contribution in [2.24, 2.45) is 0 Å². The Morgan fingerprint density at radius 1 is 1.36 bits per heavy atom. The molecule has 1 aliphatic heterocycles. The zero-order chi connectivity index (χ0) is 9.97. The van der Waals surface area contributed by atoms with E-state index in [2.05, 4.69) is 34.8 Å². The monoisotopic (exact) mass is 193 g/mol. The van der Waals surface area contributed by atoms with Gasteiger partial charge in [-0.05, 0) is 51.9 Å². The standard InChI is InChI=1S/C11H19N3/c1-10-8-12-14(9-10)11-4-3-6-13(2)7-5-11/h8-9,11H,3-7H2,1-2H3. The van der Waals surface area contributed by atoms with Gasteiger partial charge in [0.2, 0.25) is 0 Å². The van der Waals surface area contributed by atoms with Crippen LogP contribution in [0.4, 0.5) is 0 Å². The van der Waals surface area contributed by atoms with Crippen molar-refractivity contribution < 1.29 is 0 Å². The van der Waals surface area contributed by atoms with E-state index in [9.17, 15) is 0 Å². The van der Waals surface area contributed by atoms with E-state index in [1.54, 1.807) is 0 Å². The van der Waals surface area contributed by atoms with Crippen LogP contribution in [0.3, 0.4) is 0 Å². The first-order chi connectivity index (χ1) is 6.75. The molecule has 1 fully saturated rings. The van der Waals surface area contributed by atoms with Crippen LogP contribution in [-0.4, -0.2) is 34.8 Å². The zero-order valence-corrected chi connectivity index (χ0v) is 9.11. The second kappa shape index (κ2) is 4.13. The van der Waals surface area contributed by atoms with Crippen LogP contribution < -0.4 is 0 Å². The Kier molecular flexibility index (Phi) is 2.87. The summed E-state index contributed by atoms with van der Waals surface area (Å²) < 4.78 is 2.15. The van der Waals surface area contributed by atoms with Crippen molar-refractivity contribution in [2.75, 3.05) is 20.1 Å². The highest BCUT2D eigenvalue weighted by atomic mass is 15.3. The van der Waals surface area contributed by atoms with Crippen molar-refractivity contribution in [1.29, 1.82) is 0 Å². The summed E-state index contributed by atoms with van der Waals surface area (Å²) in [6, 6.07) is 0.619. The molecule has 2 rings (SSSR count). The molecule has 1 aromatic rings. The highest BCUT2D eigenvalue weighted by molar-refractivity contribution is 5.00. The van der Waals surface area contributed by atoms with E-state index in [4.69, 9.17) is 0 Å². The largest absolute Gasteiger partial charge is 0.306 e. The highest BCUT2D eigenvalue weighted by Gasteiger charge is 2.16. The van der Waals surface area contributed by atoms with Crippen LogP contribution in [0.15, 0.2) is 12.4 Å². The van der Waals surface area contributed by atoms with Gasteiger partial charge in [0.05, 0.1) is 12.2 Å². The van der Waals surface area contributed by atoms with Gasteiger partial charge in [-0.1, -0.05) is 0 Å². The van der Waals surface area contributed by atoms with Gasteiger partial charge >= 0.3 is 0 Å². The maximum Gasteiger partial charge on any atom is 0.0532 e. The quantitative estimate of drug-likeness (QED) is 0.678. The average molecular weight is 193 g/mol. The van der Waals surface area contributed by atoms with E-state index in [-0.39, 0.29) is 0 Å². The van der Waals surface area contributed by atoms with E-state index in [0.717, 1.165) is 0 Å². The Morgan fingerprint density at radius 3 is 2.93 bits per heavy atom. The van der Waals surface area contributed by atoms with Crippen LogP contribution >= 0.6 is 0 Å². The Hall–Kier alpha value is -0.830. The van der Waals surface area contributed by atoms with E-state index >= 15 is 0 Å². The van der Waals surface area contributed by atoms with Crippen LogP contribution in [0.5, 0.6) is 0 Å². The fraction of sp³-hybridized carbons (Fsp3) is 0.727. The van der Waals surface area contributed by atoms with Gasteiger partial charge in [0.1, 0.15) is 0 Å². The molecule has 0 N–H and O–H groups in total. The van der Waals surface area contributed by atoms with Crippen molar-refractivity contribution >= 4 is 0 Å².